The van der Waals surface area contributed by atoms with Crippen molar-refractivity contribution in [3.8, 4) is 5.75 Å². The number of hydrogen-bond donors (Lipinski definition) is 1. The molecule has 0 aromatic heterocycles. The first-order valence-electron chi connectivity index (χ1n) is 9.61. The predicted molar refractivity (Wildman–Crippen MR) is 113 cm³/mol. The van der Waals surface area contributed by atoms with Gasteiger partial charge in [0.25, 0.3) is 0 Å². The topological polar surface area (TPSA) is 75.7 Å². The Morgan fingerprint density at radius 3 is 2.62 bits per heavy atom. The van der Waals surface area contributed by atoms with Crippen LogP contribution in [0.25, 0.3) is 0 Å². The Hall–Kier alpha value is -2.25. The third-order valence-corrected chi connectivity index (χ3v) is 6.56. The van der Waals surface area contributed by atoms with E-state index in [1.807, 2.05) is 13.0 Å². The first kappa shape index (κ1) is 21.5. The van der Waals surface area contributed by atoms with E-state index in [1.54, 1.807) is 42.2 Å². The Labute approximate surface area is 176 Å². The minimum atomic E-state index is -4.08. The van der Waals surface area contributed by atoms with Crippen molar-refractivity contribution in [2.45, 2.75) is 38.1 Å². The van der Waals surface area contributed by atoms with E-state index in [0.29, 0.717) is 31.1 Å². The lowest BCUT2D eigenvalue weighted by Gasteiger charge is -2.23. The van der Waals surface area contributed by atoms with Gasteiger partial charge in [-0.1, -0.05) is 35.9 Å². The summed E-state index contributed by atoms with van der Waals surface area (Å²) in [5.41, 5.74) is 1.31. The molecule has 2 aromatic carbocycles. The molecule has 0 aliphatic heterocycles. The van der Waals surface area contributed by atoms with Gasteiger partial charge in [-0.2, -0.15) is 8.42 Å². The number of benzene rings is 2. The molecule has 1 aliphatic rings. The van der Waals surface area contributed by atoms with Crippen LogP contribution in [0.15, 0.2) is 47.4 Å². The zero-order chi connectivity index (χ0) is 21.0. The van der Waals surface area contributed by atoms with Gasteiger partial charge in [0.2, 0.25) is 0 Å². The highest BCUT2D eigenvalue weighted by molar-refractivity contribution is 7.87. The van der Waals surface area contributed by atoms with Gasteiger partial charge < -0.3 is 14.4 Å². The fraction of sp³-hybridized carbons (Fsp3) is 0.381. The summed E-state index contributed by atoms with van der Waals surface area (Å²) >= 11 is 6.09. The summed E-state index contributed by atoms with van der Waals surface area (Å²) in [6.45, 7) is 5.17. The van der Waals surface area contributed by atoms with Crippen LogP contribution >= 0.6 is 11.6 Å². The molecule has 0 spiro atoms. The summed E-state index contributed by atoms with van der Waals surface area (Å²) in [6.07, 6.45) is 2.27. The summed E-state index contributed by atoms with van der Waals surface area (Å²) in [5.74, 6) is 0.727. The quantitative estimate of drug-likeness (QED) is 0.624. The molecule has 8 heteroatoms. The zero-order valence-electron chi connectivity index (χ0n) is 16.5. The van der Waals surface area contributed by atoms with Crippen LogP contribution in [0.2, 0.25) is 5.02 Å². The van der Waals surface area contributed by atoms with Crippen molar-refractivity contribution < 1.29 is 17.4 Å². The number of amides is 2. The summed E-state index contributed by atoms with van der Waals surface area (Å²) < 4.78 is 30.8. The molecular formula is C21H25ClN2O4S. The van der Waals surface area contributed by atoms with Crippen molar-refractivity contribution in [2.24, 2.45) is 5.92 Å². The molecule has 2 amide bonds. The largest absolute Gasteiger partial charge is 0.379 e. The Morgan fingerprint density at radius 1 is 1.24 bits per heavy atom. The number of carbonyl (C=O) groups is 1. The number of carbonyl (C=O) groups excluding carboxylic acids is 1. The first-order valence-corrected chi connectivity index (χ1v) is 11.4. The third-order valence-electron chi connectivity index (χ3n) is 4.68. The number of aryl methyl sites for hydroxylation is 1. The van der Waals surface area contributed by atoms with Crippen LogP contribution in [-0.4, -0.2) is 32.4 Å². The average Bonchev–Trinajstić information content (AvgIpc) is 3.45. The van der Waals surface area contributed by atoms with E-state index < -0.39 is 10.1 Å². The van der Waals surface area contributed by atoms with Gasteiger partial charge in [0.05, 0.1) is 5.02 Å². The standard InChI is InChI=1S/C21H25ClN2O4S/c1-3-23-21(25)24(13-16-10-11-16)14-17-7-5-8-18(12-17)28-29(26,27)20-15(2)6-4-9-19(20)22/h4-9,12,16H,3,10-11,13-14H2,1-2H3,(H,23,25). The number of halogens is 1. The lowest BCUT2D eigenvalue weighted by Crippen LogP contribution is -2.40. The molecule has 0 unspecified atom stereocenters. The van der Waals surface area contributed by atoms with E-state index in [2.05, 4.69) is 5.32 Å². The van der Waals surface area contributed by atoms with E-state index >= 15 is 0 Å². The molecule has 0 bridgehead atoms. The van der Waals surface area contributed by atoms with Crippen molar-refractivity contribution >= 4 is 27.8 Å². The molecule has 0 radical (unpaired) electrons. The number of hydrogen-bond acceptors (Lipinski definition) is 4. The summed E-state index contributed by atoms with van der Waals surface area (Å²) in [7, 11) is -4.08. The molecule has 0 heterocycles. The summed E-state index contributed by atoms with van der Waals surface area (Å²) in [4.78, 5) is 14.1. The maximum atomic E-state index is 12.7. The van der Waals surface area contributed by atoms with E-state index in [1.165, 1.54) is 6.07 Å². The van der Waals surface area contributed by atoms with Crippen LogP contribution in [0.3, 0.4) is 0 Å². The minimum Gasteiger partial charge on any atom is -0.379 e. The van der Waals surface area contributed by atoms with Crippen LogP contribution in [0, 0.1) is 12.8 Å². The maximum Gasteiger partial charge on any atom is 0.340 e. The van der Waals surface area contributed by atoms with Crippen molar-refractivity contribution in [3.63, 3.8) is 0 Å². The molecule has 0 saturated heterocycles. The molecule has 156 valence electrons. The number of nitrogens with one attached hydrogen (secondary N) is 1. The molecular weight excluding hydrogens is 412 g/mol. The van der Waals surface area contributed by atoms with Gasteiger partial charge >= 0.3 is 16.1 Å². The molecule has 1 fully saturated rings. The van der Waals surface area contributed by atoms with E-state index in [9.17, 15) is 13.2 Å². The first-order chi connectivity index (χ1) is 13.8. The monoisotopic (exact) mass is 436 g/mol. The van der Waals surface area contributed by atoms with Crippen LogP contribution < -0.4 is 9.50 Å². The smallest absolute Gasteiger partial charge is 0.340 e. The Kier molecular flexibility index (Phi) is 6.70. The number of nitrogens with zero attached hydrogens (tertiary/aromatic N) is 1. The summed E-state index contributed by atoms with van der Waals surface area (Å²) in [6, 6.07) is 11.5. The average molecular weight is 437 g/mol. The second-order valence-corrected chi connectivity index (χ2v) is 9.12. The Bertz CT molecular complexity index is 970. The normalized spacial score (nSPS) is 13.8. The molecule has 1 N–H and O–H groups in total. The van der Waals surface area contributed by atoms with Gasteiger partial charge in [0.15, 0.2) is 0 Å². The van der Waals surface area contributed by atoms with Gasteiger partial charge in [-0.15, -0.1) is 0 Å². The lowest BCUT2D eigenvalue weighted by molar-refractivity contribution is 0.193. The van der Waals surface area contributed by atoms with E-state index in [-0.39, 0.29) is 21.7 Å². The fourth-order valence-electron chi connectivity index (χ4n) is 3.11. The van der Waals surface area contributed by atoms with E-state index in [0.717, 1.165) is 18.4 Å². The van der Waals surface area contributed by atoms with Gasteiger partial charge in [0.1, 0.15) is 10.6 Å². The molecule has 1 saturated carbocycles. The molecule has 6 nitrogen and oxygen atoms in total. The van der Waals surface area contributed by atoms with Gasteiger partial charge in [0, 0.05) is 19.6 Å². The van der Waals surface area contributed by atoms with Gasteiger partial charge in [-0.3, -0.25) is 0 Å². The molecule has 3 rings (SSSR count). The second-order valence-electron chi connectivity index (χ2n) is 7.23. The Balaban J connectivity index is 1.79. The molecule has 1 aliphatic carbocycles. The molecule has 2 aromatic rings. The molecule has 0 atom stereocenters. The minimum absolute atomic E-state index is 0.0373. The highest BCUT2D eigenvalue weighted by Gasteiger charge is 2.27. The fourth-order valence-corrected chi connectivity index (χ4v) is 4.83. The number of urea groups is 1. The van der Waals surface area contributed by atoms with Crippen molar-refractivity contribution in [3.05, 3.63) is 58.6 Å². The van der Waals surface area contributed by atoms with Crippen LogP contribution in [0.4, 0.5) is 4.79 Å². The van der Waals surface area contributed by atoms with Crippen LogP contribution in [-0.2, 0) is 16.7 Å². The van der Waals surface area contributed by atoms with Crippen LogP contribution in [0.1, 0.15) is 30.9 Å². The number of rotatable bonds is 8. The Morgan fingerprint density at radius 2 is 1.97 bits per heavy atom. The second kappa shape index (κ2) is 9.05. The van der Waals surface area contributed by atoms with Crippen LogP contribution in [0.5, 0.6) is 5.75 Å². The maximum absolute atomic E-state index is 12.7. The lowest BCUT2D eigenvalue weighted by atomic mass is 10.2. The van der Waals surface area contributed by atoms with E-state index in [4.69, 9.17) is 15.8 Å². The van der Waals surface area contributed by atoms with Crippen molar-refractivity contribution in [1.82, 2.24) is 10.2 Å². The van der Waals surface area contributed by atoms with Crippen molar-refractivity contribution in [1.29, 1.82) is 0 Å². The predicted octanol–water partition coefficient (Wildman–Crippen LogP) is 4.36. The van der Waals surface area contributed by atoms with Gasteiger partial charge in [-0.05, 0) is 61.9 Å². The highest BCUT2D eigenvalue weighted by atomic mass is 35.5. The highest BCUT2D eigenvalue weighted by Crippen LogP contribution is 2.31. The molecule has 29 heavy (non-hydrogen) atoms. The van der Waals surface area contributed by atoms with Gasteiger partial charge in [-0.25, -0.2) is 4.79 Å². The summed E-state index contributed by atoms with van der Waals surface area (Å²) in [5, 5.41) is 2.95. The van der Waals surface area contributed by atoms with Crippen molar-refractivity contribution in [2.75, 3.05) is 13.1 Å². The zero-order valence-corrected chi connectivity index (χ0v) is 18.1. The SMILES string of the molecule is CCNC(=O)N(Cc1cccc(OS(=O)(=O)c2c(C)cccc2Cl)c1)CC1CC1. The third kappa shape index (κ3) is 5.64.